The number of nitrogens with two attached hydrogens (primary N) is 1. The molecule has 0 aliphatic rings. The van der Waals surface area contributed by atoms with E-state index in [1.165, 1.54) is 11.3 Å². The summed E-state index contributed by atoms with van der Waals surface area (Å²) in [5.41, 5.74) is 5.49. The average Bonchev–Trinajstić information content (AvgIpc) is 2.73. The van der Waals surface area contributed by atoms with Gasteiger partial charge in [-0.05, 0) is 28.1 Å². The van der Waals surface area contributed by atoms with Gasteiger partial charge in [0, 0.05) is 0 Å². The highest BCUT2D eigenvalue weighted by molar-refractivity contribution is 9.10. The quantitative estimate of drug-likeness (QED) is 0.938. The van der Waals surface area contributed by atoms with E-state index in [2.05, 4.69) is 26.1 Å². The van der Waals surface area contributed by atoms with Gasteiger partial charge < -0.3 is 15.2 Å². The second-order valence-corrected chi connectivity index (χ2v) is 5.04. The van der Waals surface area contributed by atoms with Crippen molar-refractivity contribution in [2.24, 2.45) is 0 Å². The van der Waals surface area contributed by atoms with E-state index < -0.39 is 0 Å². The van der Waals surface area contributed by atoms with Gasteiger partial charge in [0.05, 0.1) is 11.6 Å². The van der Waals surface area contributed by atoms with Gasteiger partial charge in [-0.2, -0.15) is 0 Å². The van der Waals surface area contributed by atoms with Crippen molar-refractivity contribution >= 4 is 32.4 Å². The molecule has 2 rings (SSSR count). The maximum atomic E-state index is 5.64. The highest BCUT2D eigenvalue weighted by Crippen LogP contribution is 2.35. The number of hydrogen-bond donors (Lipinski definition) is 1. The number of para-hydroxylation sites is 1. The van der Waals surface area contributed by atoms with E-state index in [1.54, 1.807) is 7.11 Å². The van der Waals surface area contributed by atoms with Crippen LogP contribution in [0.15, 0.2) is 22.7 Å². The number of anilines is 1. The fourth-order valence-electron chi connectivity index (χ4n) is 1.25. The summed E-state index contributed by atoms with van der Waals surface area (Å²) in [6.45, 7) is 0.313. The van der Waals surface area contributed by atoms with Crippen molar-refractivity contribution in [3.63, 3.8) is 0 Å². The van der Waals surface area contributed by atoms with Gasteiger partial charge in [0.25, 0.3) is 0 Å². The minimum absolute atomic E-state index is 0.313. The Kier molecular flexibility index (Phi) is 3.80. The number of rotatable bonds is 4. The van der Waals surface area contributed by atoms with Crippen molar-refractivity contribution in [1.82, 2.24) is 10.2 Å². The zero-order valence-corrected chi connectivity index (χ0v) is 11.4. The molecule has 0 unspecified atom stereocenters. The summed E-state index contributed by atoms with van der Waals surface area (Å²) in [4.78, 5) is 0. The van der Waals surface area contributed by atoms with Gasteiger partial charge in [-0.15, -0.1) is 10.2 Å². The summed E-state index contributed by atoms with van der Waals surface area (Å²) in [5.74, 6) is 1.31. The van der Waals surface area contributed by atoms with Crippen LogP contribution in [0.1, 0.15) is 5.01 Å². The molecule has 1 heterocycles. The smallest absolute Gasteiger partial charge is 0.203 e. The fourth-order valence-corrected chi connectivity index (χ4v) is 2.23. The Labute approximate surface area is 111 Å². The fraction of sp³-hybridized carbons (Fsp3) is 0.200. The molecule has 0 radical (unpaired) electrons. The van der Waals surface area contributed by atoms with Crippen LogP contribution in [0, 0.1) is 0 Å². The lowest BCUT2D eigenvalue weighted by molar-refractivity contribution is 0.281. The highest BCUT2D eigenvalue weighted by Gasteiger charge is 2.10. The predicted octanol–water partition coefficient (Wildman–Crippen LogP) is 2.47. The molecule has 17 heavy (non-hydrogen) atoms. The molecule has 0 saturated carbocycles. The third-order valence-corrected chi connectivity index (χ3v) is 3.32. The predicted molar refractivity (Wildman–Crippen MR) is 69.3 cm³/mol. The molecule has 1 aromatic heterocycles. The first-order valence-electron chi connectivity index (χ1n) is 4.74. The van der Waals surface area contributed by atoms with Crippen LogP contribution in [0.4, 0.5) is 5.13 Å². The van der Waals surface area contributed by atoms with Crippen molar-refractivity contribution in [3.8, 4) is 11.5 Å². The molecular weight excluding hydrogens is 306 g/mol. The van der Waals surface area contributed by atoms with E-state index in [0.29, 0.717) is 23.2 Å². The monoisotopic (exact) mass is 315 g/mol. The number of nitrogen functional groups attached to an aromatic ring is 1. The van der Waals surface area contributed by atoms with Crippen molar-refractivity contribution < 1.29 is 9.47 Å². The van der Waals surface area contributed by atoms with E-state index in [1.807, 2.05) is 18.2 Å². The molecule has 5 nitrogen and oxygen atoms in total. The van der Waals surface area contributed by atoms with Crippen molar-refractivity contribution in [1.29, 1.82) is 0 Å². The van der Waals surface area contributed by atoms with Gasteiger partial charge in [0.1, 0.15) is 6.61 Å². The Hall–Kier alpha value is -1.34. The van der Waals surface area contributed by atoms with E-state index in [9.17, 15) is 0 Å². The molecule has 0 aliphatic carbocycles. The SMILES string of the molecule is COc1cccc(Br)c1OCc1nnc(N)s1. The Morgan fingerprint density at radius 2 is 2.24 bits per heavy atom. The summed E-state index contributed by atoms with van der Waals surface area (Å²) in [6, 6.07) is 5.58. The van der Waals surface area contributed by atoms with Gasteiger partial charge in [-0.1, -0.05) is 17.4 Å². The molecule has 0 atom stereocenters. The van der Waals surface area contributed by atoms with Crippen molar-refractivity contribution in [3.05, 3.63) is 27.7 Å². The molecule has 90 valence electrons. The molecule has 7 heteroatoms. The Morgan fingerprint density at radius 3 is 2.88 bits per heavy atom. The van der Waals surface area contributed by atoms with Gasteiger partial charge in [0.15, 0.2) is 16.5 Å². The summed E-state index contributed by atoms with van der Waals surface area (Å²) in [6.07, 6.45) is 0. The van der Waals surface area contributed by atoms with Crippen molar-refractivity contribution in [2.75, 3.05) is 12.8 Å². The van der Waals surface area contributed by atoms with Crippen LogP contribution in [0.25, 0.3) is 0 Å². The summed E-state index contributed by atoms with van der Waals surface area (Å²) in [5, 5.41) is 8.75. The van der Waals surface area contributed by atoms with Gasteiger partial charge >= 0.3 is 0 Å². The van der Waals surface area contributed by atoms with Crippen LogP contribution in [-0.4, -0.2) is 17.3 Å². The number of ether oxygens (including phenoxy) is 2. The van der Waals surface area contributed by atoms with E-state index in [0.717, 1.165) is 9.48 Å². The molecule has 0 aliphatic heterocycles. The van der Waals surface area contributed by atoms with Crippen molar-refractivity contribution in [2.45, 2.75) is 6.61 Å². The third kappa shape index (κ3) is 2.86. The van der Waals surface area contributed by atoms with Crippen LogP contribution in [0.5, 0.6) is 11.5 Å². The minimum Gasteiger partial charge on any atom is -0.493 e. The second-order valence-electron chi connectivity index (χ2n) is 3.09. The lowest BCUT2D eigenvalue weighted by Crippen LogP contribution is -1.98. The third-order valence-electron chi connectivity index (χ3n) is 1.97. The zero-order chi connectivity index (χ0) is 12.3. The van der Waals surface area contributed by atoms with Crippen LogP contribution < -0.4 is 15.2 Å². The maximum absolute atomic E-state index is 5.64. The van der Waals surface area contributed by atoms with E-state index in [-0.39, 0.29) is 0 Å². The standard InChI is InChI=1S/C10H10BrN3O2S/c1-15-7-4-2-3-6(11)9(7)16-5-8-13-14-10(12)17-8/h2-4H,5H2,1H3,(H2,12,14). The molecule has 0 amide bonds. The molecule has 2 aromatic rings. The van der Waals surface area contributed by atoms with Gasteiger partial charge in [0.2, 0.25) is 5.13 Å². The minimum atomic E-state index is 0.313. The zero-order valence-electron chi connectivity index (χ0n) is 9.01. The Morgan fingerprint density at radius 1 is 1.41 bits per heavy atom. The lowest BCUT2D eigenvalue weighted by atomic mass is 10.3. The Balaban J connectivity index is 2.13. The second kappa shape index (κ2) is 5.33. The molecule has 0 bridgehead atoms. The topological polar surface area (TPSA) is 70.3 Å². The summed E-state index contributed by atoms with van der Waals surface area (Å²) >= 11 is 4.71. The molecule has 0 spiro atoms. The van der Waals surface area contributed by atoms with E-state index in [4.69, 9.17) is 15.2 Å². The first-order valence-corrected chi connectivity index (χ1v) is 6.35. The Bertz CT molecular complexity index is 518. The van der Waals surface area contributed by atoms with Gasteiger partial charge in [-0.3, -0.25) is 0 Å². The van der Waals surface area contributed by atoms with Gasteiger partial charge in [-0.25, -0.2) is 0 Å². The van der Waals surface area contributed by atoms with E-state index >= 15 is 0 Å². The molecule has 0 saturated heterocycles. The first kappa shape index (κ1) is 12.1. The van der Waals surface area contributed by atoms with Crippen LogP contribution in [0.2, 0.25) is 0 Å². The maximum Gasteiger partial charge on any atom is 0.203 e. The average molecular weight is 316 g/mol. The number of aromatic nitrogens is 2. The number of halogens is 1. The molecule has 0 fully saturated rings. The lowest BCUT2D eigenvalue weighted by Gasteiger charge is -2.10. The molecular formula is C10H10BrN3O2S. The molecule has 2 N–H and O–H groups in total. The van der Waals surface area contributed by atoms with Crippen LogP contribution in [0.3, 0.4) is 0 Å². The molecule has 1 aromatic carbocycles. The highest BCUT2D eigenvalue weighted by atomic mass is 79.9. The van der Waals surface area contributed by atoms with Crippen LogP contribution >= 0.6 is 27.3 Å². The number of benzene rings is 1. The first-order chi connectivity index (χ1) is 8.20. The summed E-state index contributed by atoms with van der Waals surface area (Å²) < 4.78 is 11.7. The largest absolute Gasteiger partial charge is 0.493 e. The number of hydrogen-bond acceptors (Lipinski definition) is 6. The number of methoxy groups -OCH3 is 1. The van der Waals surface area contributed by atoms with Crippen LogP contribution in [-0.2, 0) is 6.61 Å². The normalized spacial score (nSPS) is 10.2. The summed E-state index contributed by atoms with van der Waals surface area (Å²) in [7, 11) is 1.59. The number of nitrogens with zero attached hydrogens (tertiary/aromatic N) is 2.